The molecule has 0 unspecified atom stereocenters. The van der Waals surface area contributed by atoms with Crippen molar-refractivity contribution in [1.29, 1.82) is 0 Å². The Morgan fingerprint density at radius 1 is 1.14 bits per heavy atom. The number of halogens is 1. The molecule has 2 aliphatic heterocycles. The van der Waals surface area contributed by atoms with Crippen LogP contribution in [-0.4, -0.2) is 29.8 Å². The first-order chi connectivity index (χ1) is 13.6. The van der Waals surface area contributed by atoms with Crippen LogP contribution in [0.25, 0.3) is 5.70 Å². The Morgan fingerprint density at radius 3 is 2.57 bits per heavy atom. The van der Waals surface area contributed by atoms with Gasteiger partial charge in [0.25, 0.3) is 0 Å². The van der Waals surface area contributed by atoms with Crippen LogP contribution >= 0.6 is 11.6 Å². The lowest BCUT2D eigenvalue weighted by molar-refractivity contribution is -0.156. The van der Waals surface area contributed by atoms with Crippen LogP contribution < -0.4 is 10.8 Å². The van der Waals surface area contributed by atoms with Crippen molar-refractivity contribution in [2.24, 2.45) is 0 Å². The van der Waals surface area contributed by atoms with E-state index in [0.29, 0.717) is 24.7 Å². The van der Waals surface area contributed by atoms with Crippen molar-refractivity contribution < 1.29 is 14.5 Å². The SMILES string of the molecule is O=C(NCc1ccccc1)ON1CCC2(C=C(c3ccc(Cl)cc3)NO2)CC1. The van der Waals surface area contributed by atoms with Gasteiger partial charge in [-0.2, -0.15) is 0 Å². The molecule has 28 heavy (non-hydrogen) atoms. The quantitative estimate of drug-likeness (QED) is 0.816. The van der Waals surface area contributed by atoms with Crippen LogP contribution in [-0.2, 0) is 16.2 Å². The van der Waals surface area contributed by atoms with E-state index in [1.165, 1.54) is 0 Å². The molecule has 4 rings (SSSR count). The van der Waals surface area contributed by atoms with E-state index < -0.39 is 6.09 Å². The van der Waals surface area contributed by atoms with E-state index in [0.717, 1.165) is 29.7 Å². The zero-order chi connectivity index (χ0) is 19.4. The van der Waals surface area contributed by atoms with Gasteiger partial charge in [-0.15, -0.1) is 5.06 Å². The summed E-state index contributed by atoms with van der Waals surface area (Å²) in [7, 11) is 0. The van der Waals surface area contributed by atoms with Crippen molar-refractivity contribution in [3.05, 3.63) is 76.8 Å². The molecule has 2 N–H and O–H groups in total. The first-order valence-electron chi connectivity index (χ1n) is 9.29. The summed E-state index contributed by atoms with van der Waals surface area (Å²) in [6, 6.07) is 17.4. The lowest BCUT2D eigenvalue weighted by Crippen LogP contribution is -2.46. The number of amides is 1. The number of nitrogens with one attached hydrogen (secondary N) is 2. The number of hydroxylamine groups is 3. The molecule has 1 amide bonds. The van der Waals surface area contributed by atoms with Crippen molar-refractivity contribution in [2.45, 2.75) is 25.0 Å². The molecular formula is C21H22ClN3O3. The Hall–Kier alpha value is -2.54. The van der Waals surface area contributed by atoms with Gasteiger partial charge in [0.1, 0.15) is 5.60 Å². The second kappa shape index (κ2) is 8.22. The third-order valence-corrected chi connectivity index (χ3v) is 5.24. The van der Waals surface area contributed by atoms with Gasteiger partial charge >= 0.3 is 6.09 Å². The molecule has 1 saturated heterocycles. The van der Waals surface area contributed by atoms with E-state index >= 15 is 0 Å². The summed E-state index contributed by atoms with van der Waals surface area (Å²) < 4.78 is 0. The van der Waals surface area contributed by atoms with Gasteiger partial charge < -0.3 is 10.2 Å². The number of carbonyl (C=O) groups excluding carboxylic acids is 1. The molecule has 7 heteroatoms. The predicted molar refractivity (Wildman–Crippen MR) is 107 cm³/mol. The maximum absolute atomic E-state index is 12.0. The maximum Gasteiger partial charge on any atom is 0.426 e. The summed E-state index contributed by atoms with van der Waals surface area (Å²) in [5.41, 5.74) is 5.64. The molecule has 6 nitrogen and oxygen atoms in total. The normalized spacial score (nSPS) is 18.4. The third kappa shape index (κ3) is 4.47. The Kier molecular flexibility index (Phi) is 5.52. The zero-order valence-corrected chi connectivity index (χ0v) is 16.1. The number of hydrogen-bond donors (Lipinski definition) is 2. The molecule has 0 bridgehead atoms. The predicted octanol–water partition coefficient (Wildman–Crippen LogP) is 3.89. The van der Waals surface area contributed by atoms with Crippen molar-refractivity contribution in [2.75, 3.05) is 13.1 Å². The van der Waals surface area contributed by atoms with E-state index in [1.807, 2.05) is 54.6 Å². The molecular weight excluding hydrogens is 378 g/mol. The molecule has 0 saturated carbocycles. The number of carbonyl (C=O) groups is 1. The second-order valence-electron chi connectivity index (χ2n) is 6.98. The molecule has 2 aliphatic rings. The molecule has 2 aromatic rings. The van der Waals surface area contributed by atoms with Crippen LogP contribution in [0, 0.1) is 0 Å². The van der Waals surface area contributed by atoms with Crippen molar-refractivity contribution in [3.8, 4) is 0 Å². The molecule has 1 spiro atoms. The van der Waals surface area contributed by atoms with Gasteiger partial charge in [0, 0.05) is 24.7 Å². The van der Waals surface area contributed by atoms with E-state index in [4.69, 9.17) is 21.3 Å². The summed E-state index contributed by atoms with van der Waals surface area (Å²) in [6.07, 6.45) is 3.12. The van der Waals surface area contributed by atoms with Gasteiger partial charge in [-0.3, -0.25) is 10.3 Å². The summed E-state index contributed by atoms with van der Waals surface area (Å²) in [6.45, 7) is 1.65. The van der Waals surface area contributed by atoms with E-state index in [2.05, 4.69) is 16.9 Å². The minimum Gasteiger partial charge on any atom is -0.351 e. The van der Waals surface area contributed by atoms with Crippen molar-refractivity contribution >= 4 is 23.4 Å². The first-order valence-corrected chi connectivity index (χ1v) is 9.67. The van der Waals surface area contributed by atoms with Crippen LogP contribution in [0.5, 0.6) is 0 Å². The molecule has 0 aliphatic carbocycles. The topological polar surface area (TPSA) is 62.8 Å². The Balaban J connectivity index is 1.27. The summed E-state index contributed by atoms with van der Waals surface area (Å²) in [4.78, 5) is 23.3. The van der Waals surface area contributed by atoms with E-state index in [9.17, 15) is 4.79 Å². The lowest BCUT2D eigenvalue weighted by atomic mass is 9.91. The number of piperidine rings is 1. The van der Waals surface area contributed by atoms with Crippen LogP contribution in [0.15, 0.2) is 60.7 Å². The Labute approximate surface area is 169 Å². The molecule has 146 valence electrons. The highest BCUT2D eigenvalue weighted by molar-refractivity contribution is 6.30. The maximum atomic E-state index is 12.0. The fourth-order valence-electron chi connectivity index (χ4n) is 3.37. The highest BCUT2D eigenvalue weighted by Crippen LogP contribution is 2.34. The number of benzene rings is 2. The molecule has 2 aromatic carbocycles. The standard InChI is InChI=1S/C21H22ClN3O3/c22-18-8-6-17(7-9-18)19-14-21(28-24-19)10-12-25(13-11-21)27-20(26)23-15-16-4-2-1-3-5-16/h1-9,14,24H,10-13,15H2,(H,23,26). The summed E-state index contributed by atoms with van der Waals surface area (Å²) in [5.74, 6) is 0. The highest BCUT2D eigenvalue weighted by atomic mass is 35.5. The van der Waals surface area contributed by atoms with Gasteiger partial charge in [-0.25, -0.2) is 4.79 Å². The molecule has 2 heterocycles. The average Bonchev–Trinajstić information content (AvgIpc) is 3.13. The summed E-state index contributed by atoms with van der Waals surface area (Å²) in [5, 5.41) is 5.16. The van der Waals surface area contributed by atoms with Crippen LogP contribution in [0.4, 0.5) is 4.79 Å². The van der Waals surface area contributed by atoms with E-state index in [-0.39, 0.29) is 5.60 Å². The van der Waals surface area contributed by atoms with Crippen LogP contribution in [0.3, 0.4) is 0 Å². The third-order valence-electron chi connectivity index (χ3n) is 4.99. The fourth-order valence-corrected chi connectivity index (χ4v) is 3.50. The zero-order valence-electron chi connectivity index (χ0n) is 15.4. The molecule has 0 atom stereocenters. The minimum absolute atomic E-state index is 0.380. The van der Waals surface area contributed by atoms with Crippen LogP contribution in [0.2, 0.25) is 5.02 Å². The molecule has 1 fully saturated rings. The van der Waals surface area contributed by atoms with Crippen LogP contribution in [0.1, 0.15) is 24.0 Å². The van der Waals surface area contributed by atoms with Gasteiger partial charge in [-0.1, -0.05) is 54.1 Å². The minimum atomic E-state index is -0.442. The van der Waals surface area contributed by atoms with Gasteiger partial charge in [-0.05, 0) is 42.2 Å². The summed E-state index contributed by atoms with van der Waals surface area (Å²) >= 11 is 5.95. The number of nitrogens with zero attached hydrogens (tertiary/aromatic N) is 1. The number of hydrogen-bond acceptors (Lipinski definition) is 5. The van der Waals surface area contributed by atoms with Crippen molar-refractivity contribution in [1.82, 2.24) is 15.9 Å². The van der Waals surface area contributed by atoms with Gasteiger partial charge in [0.2, 0.25) is 0 Å². The number of rotatable bonds is 4. The smallest absolute Gasteiger partial charge is 0.351 e. The average molecular weight is 400 g/mol. The molecule has 0 aromatic heterocycles. The Morgan fingerprint density at radius 2 is 1.86 bits per heavy atom. The van der Waals surface area contributed by atoms with E-state index in [1.54, 1.807) is 5.06 Å². The van der Waals surface area contributed by atoms with Crippen molar-refractivity contribution in [3.63, 3.8) is 0 Å². The first kappa shape index (κ1) is 18.8. The van der Waals surface area contributed by atoms with Gasteiger partial charge in [0.05, 0.1) is 5.70 Å². The Bertz CT molecular complexity index is 847. The monoisotopic (exact) mass is 399 g/mol. The van der Waals surface area contributed by atoms with Gasteiger partial charge in [0.15, 0.2) is 0 Å². The lowest BCUT2D eigenvalue weighted by Gasteiger charge is -2.35. The fraction of sp³-hybridized carbons (Fsp3) is 0.286. The largest absolute Gasteiger partial charge is 0.426 e. The highest BCUT2D eigenvalue weighted by Gasteiger charge is 2.39. The molecule has 0 radical (unpaired) electrons. The second-order valence-corrected chi connectivity index (χ2v) is 7.42.